The zero-order valence-corrected chi connectivity index (χ0v) is 19.0. The van der Waals surface area contributed by atoms with Gasteiger partial charge in [0.05, 0.1) is 10.6 Å². The Bertz CT molecular complexity index is 1320. The molecule has 5 nitrogen and oxygen atoms in total. The number of aromatic nitrogens is 1. The van der Waals surface area contributed by atoms with Crippen molar-refractivity contribution in [3.8, 4) is 11.5 Å². The third kappa shape index (κ3) is 4.71. The molecule has 0 aliphatic carbocycles. The van der Waals surface area contributed by atoms with Crippen molar-refractivity contribution in [2.75, 3.05) is 5.32 Å². The number of rotatable bonds is 3. The smallest absolute Gasteiger partial charge is 0.258 e. The summed E-state index contributed by atoms with van der Waals surface area (Å²) in [6.45, 7) is 4.04. The van der Waals surface area contributed by atoms with Crippen LogP contribution in [0, 0.1) is 13.8 Å². The van der Waals surface area contributed by atoms with Crippen LogP contribution in [0.4, 0.5) is 5.69 Å². The molecule has 156 valence electrons. The second-order valence-electron chi connectivity index (χ2n) is 7.06. The largest absolute Gasteiger partial charge is 0.436 e. The first-order valence-corrected chi connectivity index (χ1v) is 10.5. The van der Waals surface area contributed by atoms with Gasteiger partial charge < -0.3 is 9.73 Å². The van der Waals surface area contributed by atoms with E-state index in [1.165, 1.54) is 6.07 Å². The van der Waals surface area contributed by atoms with Gasteiger partial charge in [-0.1, -0.05) is 29.3 Å². The van der Waals surface area contributed by atoms with E-state index in [0.717, 1.165) is 27.8 Å². The molecule has 0 fully saturated rings. The molecule has 0 aliphatic heterocycles. The Morgan fingerprint density at radius 2 is 1.77 bits per heavy atom. The Labute approximate surface area is 194 Å². The molecule has 0 saturated carbocycles. The first-order chi connectivity index (χ1) is 14.8. The summed E-state index contributed by atoms with van der Waals surface area (Å²) in [4.78, 5) is 17.0. The van der Waals surface area contributed by atoms with E-state index < -0.39 is 5.91 Å². The van der Waals surface area contributed by atoms with Gasteiger partial charge in [0, 0.05) is 16.3 Å². The van der Waals surface area contributed by atoms with Crippen molar-refractivity contribution >= 4 is 63.2 Å². The van der Waals surface area contributed by atoms with Gasteiger partial charge >= 0.3 is 0 Å². The zero-order chi connectivity index (χ0) is 22.1. The monoisotopic (exact) mass is 469 g/mol. The van der Waals surface area contributed by atoms with Gasteiger partial charge in [-0.05, 0) is 85.7 Å². The predicted molar refractivity (Wildman–Crippen MR) is 129 cm³/mol. The summed E-state index contributed by atoms with van der Waals surface area (Å²) < 4.78 is 5.95. The van der Waals surface area contributed by atoms with Crippen molar-refractivity contribution < 1.29 is 9.21 Å². The Kier molecular flexibility index (Phi) is 5.96. The maximum Gasteiger partial charge on any atom is 0.258 e. The van der Waals surface area contributed by atoms with Crippen molar-refractivity contribution in [2.24, 2.45) is 0 Å². The van der Waals surface area contributed by atoms with Crippen LogP contribution >= 0.6 is 35.4 Å². The highest BCUT2D eigenvalue weighted by Crippen LogP contribution is 2.28. The third-order valence-corrected chi connectivity index (χ3v) is 5.36. The zero-order valence-electron chi connectivity index (χ0n) is 16.6. The first-order valence-electron chi connectivity index (χ1n) is 9.36. The van der Waals surface area contributed by atoms with Crippen LogP contribution in [0.15, 0.2) is 59.0 Å². The van der Waals surface area contributed by atoms with Gasteiger partial charge in [-0.3, -0.25) is 10.1 Å². The highest BCUT2D eigenvalue weighted by atomic mass is 35.5. The highest BCUT2D eigenvalue weighted by molar-refractivity contribution is 7.80. The number of hydrogen-bond donors (Lipinski definition) is 2. The van der Waals surface area contributed by atoms with Crippen LogP contribution in [-0.4, -0.2) is 16.0 Å². The minimum atomic E-state index is -0.423. The number of hydrogen-bond acceptors (Lipinski definition) is 4. The number of amides is 1. The molecule has 2 N–H and O–H groups in total. The number of carbonyl (C=O) groups excluding carboxylic acids is 1. The van der Waals surface area contributed by atoms with Crippen LogP contribution in [0.1, 0.15) is 21.5 Å². The van der Waals surface area contributed by atoms with E-state index in [1.807, 2.05) is 44.2 Å². The Hall–Kier alpha value is -2.93. The molecule has 1 amide bonds. The molecular weight excluding hydrogens is 453 g/mol. The molecule has 8 heteroatoms. The molecular formula is C23H17Cl2N3O2S. The van der Waals surface area contributed by atoms with Gasteiger partial charge in [-0.2, -0.15) is 0 Å². The van der Waals surface area contributed by atoms with E-state index in [1.54, 1.807) is 12.1 Å². The van der Waals surface area contributed by atoms with Gasteiger partial charge in [0.2, 0.25) is 5.89 Å². The van der Waals surface area contributed by atoms with Crippen LogP contribution in [-0.2, 0) is 0 Å². The Balaban J connectivity index is 1.45. The lowest BCUT2D eigenvalue weighted by molar-refractivity contribution is 0.0978. The standard InChI is InChI=1S/C23H17Cl2N3O2S/c1-12-9-13(2)20-19(10-12)27-22(30-20)14-3-6-16(7-4-14)26-23(31)28-21(29)17-8-5-15(24)11-18(17)25/h3-11H,1-2H3,(H2,26,28,29,31). The van der Waals surface area contributed by atoms with Crippen LogP contribution in [0.2, 0.25) is 10.0 Å². The number of halogens is 2. The van der Waals surface area contributed by atoms with Crippen molar-refractivity contribution in [1.82, 2.24) is 10.3 Å². The molecule has 0 saturated heterocycles. The second kappa shape index (κ2) is 8.67. The second-order valence-corrected chi connectivity index (χ2v) is 8.31. The van der Waals surface area contributed by atoms with Crippen molar-refractivity contribution in [2.45, 2.75) is 13.8 Å². The predicted octanol–water partition coefficient (Wildman–Crippen LogP) is 6.55. The van der Waals surface area contributed by atoms with Gasteiger partial charge in [0.15, 0.2) is 10.7 Å². The fraction of sp³-hybridized carbons (Fsp3) is 0.0870. The molecule has 0 atom stereocenters. The summed E-state index contributed by atoms with van der Waals surface area (Å²) in [6.07, 6.45) is 0. The Morgan fingerprint density at radius 3 is 2.48 bits per heavy atom. The summed E-state index contributed by atoms with van der Waals surface area (Å²) >= 11 is 17.2. The normalized spacial score (nSPS) is 10.8. The third-order valence-electron chi connectivity index (χ3n) is 4.61. The Morgan fingerprint density at radius 1 is 1.03 bits per heavy atom. The topological polar surface area (TPSA) is 67.2 Å². The van der Waals surface area contributed by atoms with Gasteiger partial charge in [-0.15, -0.1) is 0 Å². The molecule has 1 heterocycles. The average Bonchev–Trinajstić information content (AvgIpc) is 3.12. The van der Waals surface area contributed by atoms with E-state index in [4.69, 9.17) is 39.8 Å². The molecule has 3 aromatic carbocycles. The van der Waals surface area contributed by atoms with Gasteiger partial charge in [-0.25, -0.2) is 4.98 Å². The summed E-state index contributed by atoms with van der Waals surface area (Å²) in [5, 5.41) is 6.43. The average molecular weight is 470 g/mol. The molecule has 31 heavy (non-hydrogen) atoms. The number of nitrogens with one attached hydrogen (secondary N) is 2. The van der Waals surface area contributed by atoms with Gasteiger partial charge in [0.1, 0.15) is 5.52 Å². The SMILES string of the molecule is Cc1cc(C)c2oc(-c3ccc(NC(=S)NC(=O)c4ccc(Cl)cc4Cl)cc3)nc2c1. The van der Waals surface area contributed by atoms with E-state index in [2.05, 4.69) is 21.7 Å². The van der Waals surface area contributed by atoms with Crippen LogP contribution in [0.5, 0.6) is 0 Å². The minimum Gasteiger partial charge on any atom is -0.436 e. The summed E-state index contributed by atoms with van der Waals surface area (Å²) in [5.41, 5.74) is 5.63. The maximum absolute atomic E-state index is 12.4. The summed E-state index contributed by atoms with van der Waals surface area (Å²) in [5.74, 6) is 0.122. The number of carbonyl (C=O) groups is 1. The van der Waals surface area contributed by atoms with Crippen molar-refractivity contribution in [3.63, 3.8) is 0 Å². The van der Waals surface area contributed by atoms with E-state index >= 15 is 0 Å². The minimum absolute atomic E-state index is 0.150. The maximum atomic E-state index is 12.4. The van der Waals surface area contributed by atoms with Crippen LogP contribution < -0.4 is 10.6 Å². The lowest BCUT2D eigenvalue weighted by Gasteiger charge is -2.10. The number of thiocarbonyl (C=S) groups is 1. The highest BCUT2D eigenvalue weighted by Gasteiger charge is 2.13. The summed E-state index contributed by atoms with van der Waals surface area (Å²) in [7, 11) is 0. The van der Waals surface area contributed by atoms with Crippen molar-refractivity contribution in [3.05, 3.63) is 81.3 Å². The molecule has 0 bridgehead atoms. The fourth-order valence-corrected chi connectivity index (χ4v) is 3.91. The van der Waals surface area contributed by atoms with E-state index in [-0.39, 0.29) is 15.7 Å². The number of nitrogens with zero attached hydrogens (tertiary/aromatic N) is 1. The molecule has 0 radical (unpaired) electrons. The number of anilines is 1. The van der Waals surface area contributed by atoms with E-state index in [9.17, 15) is 4.79 Å². The lowest BCUT2D eigenvalue weighted by Crippen LogP contribution is -2.34. The molecule has 0 aliphatic rings. The van der Waals surface area contributed by atoms with Crippen LogP contribution in [0.25, 0.3) is 22.6 Å². The molecule has 0 spiro atoms. The fourth-order valence-electron chi connectivity index (χ4n) is 3.20. The molecule has 4 rings (SSSR count). The summed E-state index contributed by atoms with van der Waals surface area (Å²) in [6, 6.07) is 16.1. The quantitative estimate of drug-likeness (QED) is 0.333. The number of aryl methyl sites for hydroxylation is 2. The first kappa shape index (κ1) is 21.3. The lowest BCUT2D eigenvalue weighted by atomic mass is 10.1. The van der Waals surface area contributed by atoms with E-state index in [0.29, 0.717) is 16.6 Å². The van der Waals surface area contributed by atoms with Crippen molar-refractivity contribution in [1.29, 1.82) is 0 Å². The van der Waals surface area contributed by atoms with Gasteiger partial charge in [0.25, 0.3) is 5.91 Å². The molecule has 1 aromatic heterocycles. The number of fused-ring (bicyclic) bond motifs is 1. The number of oxazole rings is 1. The number of benzene rings is 3. The van der Waals surface area contributed by atoms with Crippen LogP contribution in [0.3, 0.4) is 0 Å². The molecule has 0 unspecified atom stereocenters. The molecule has 4 aromatic rings.